The molecular weight excluding hydrogens is 541 g/mol. The van der Waals surface area contributed by atoms with Crippen LogP contribution in [0.4, 0.5) is 5.69 Å². The molecule has 0 fully saturated rings. The van der Waals surface area contributed by atoms with Gasteiger partial charge in [-0.1, -0.05) is 12.1 Å². The topological polar surface area (TPSA) is 100 Å². The number of anilines is 1. The Hall–Kier alpha value is -2.14. The first kappa shape index (κ1) is 22.2. The predicted octanol–water partition coefficient (Wildman–Crippen LogP) is 3.88. The number of amides is 2. The van der Waals surface area contributed by atoms with E-state index in [9.17, 15) is 14.7 Å². The van der Waals surface area contributed by atoms with Crippen LogP contribution in [0.5, 0.6) is 11.5 Å². The van der Waals surface area contributed by atoms with Gasteiger partial charge in [0.2, 0.25) is 5.91 Å². The van der Waals surface area contributed by atoms with Crippen molar-refractivity contribution in [3.05, 3.63) is 50.0 Å². The summed E-state index contributed by atoms with van der Waals surface area (Å²) >= 11 is 5.32. The number of nitrogens with zero attached hydrogens (tertiary/aromatic N) is 1. The molecule has 2 aromatic carbocycles. The van der Waals surface area contributed by atoms with Crippen LogP contribution < -0.4 is 15.5 Å². The zero-order valence-electron chi connectivity index (χ0n) is 15.2. The van der Waals surface area contributed by atoms with Crippen molar-refractivity contribution in [1.82, 2.24) is 5.43 Å². The first-order chi connectivity index (χ1) is 13.3. The molecule has 0 radical (unpaired) electrons. The lowest BCUT2D eigenvalue weighted by Gasteiger charge is -2.12. The van der Waals surface area contributed by atoms with Crippen molar-refractivity contribution in [3.8, 4) is 11.5 Å². The van der Waals surface area contributed by atoms with Crippen LogP contribution in [0.15, 0.2) is 46.0 Å². The van der Waals surface area contributed by atoms with Gasteiger partial charge in [-0.05, 0) is 82.2 Å². The largest absolute Gasteiger partial charge is 0.504 e. The number of phenols is 1. The Labute approximate surface area is 184 Å². The number of hydrogen-bond donors (Lipinski definition) is 3. The summed E-state index contributed by atoms with van der Waals surface area (Å²) < 4.78 is 6.68. The highest BCUT2D eigenvalue weighted by atomic mass is 127. The van der Waals surface area contributed by atoms with Gasteiger partial charge in [-0.25, -0.2) is 5.43 Å². The molecule has 0 bridgehead atoms. The van der Waals surface area contributed by atoms with Gasteiger partial charge in [0.15, 0.2) is 11.5 Å². The van der Waals surface area contributed by atoms with Crippen molar-refractivity contribution in [2.45, 2.75) is 13.8 Å². The maximum Gasteiger partial charge on any atom is 0.252 e. The Morgan fingerprint density at radius 1 is 1.32 bits per heavy atom. The second-order valence-electron chi connectivity index (χ2n) is 5.71. The minimum Gasteiger partial charge on any atom is -0.504 e. The number of carbonyl (C=O) groups is 2. The van der Waals surface area contributed by atoms with Crippen LogP contribution in [-0.2, 0) is 9.59 Å². The Balaban J connectivity index is 1.99. The Morgan fingerprint density at radius 3 is 2.71 bits per heavy atom. The third-order valence-electron chi connectivity index (χ3n) is 3.66. The molecule has 2 aromatic rings. The number of rotatable bonds is 7. The van der Waals surface area contributed by atoms with E-state index in [2.05, 4.69) is 31.8 Å². The molecule has 0 aliphatic rings. The second kappa shape index (κ2) is 10.4. The standard InChI is InChI=1S/C19H19BrIN3O4/c1-3-28-16-9-12(8-14(21)17(16)25)10-22-24-19(27)11(2)18(26)23-15-7-5-4-6-13(15)20/h4-11,25H,3H2,1-2H3,(H,23,26)(H,24,27)/b22-10+. The summed E-state index contributed by atoms with van der Waals surface area (Å²) in [6, 6.07) is 10.4. The van der Waals surface area contributed by atoms with Crippen molar-refractivity contribution < 1.29 is 19.4 Å². The molecule has 0 saturated carbocycles. The lowest BCUT2D eigenvalue weighted by Crippen LogP contribution is -2.34. The van der Waals surface area contributed by atoms with Gasteiger partial charge in [-0.2, -0.15) is 5.10 Å². The second-order valence-corrected chi connectivity index (χ2v) is 7.72. The molecule has 3 N–H and O–H groups in total. The van der Waals surface area contributed by atoms with Gasteiger partial charge in [0.25, 0.3) is 5.91 Å². The molecule has 0 aliphatic carbocycles. The highest BCUT2D eigenvalue weighted by Crippen LogP contribution is 2.32. The summed E-state index contributed by atoms with van der Waals surface area (Å²) in [7, 11) is 0. The first-order valence-corrected chi connectivity index (χ1v) is 10.2. The van der Waals surface area contributed by atoms with E-state index >= 15 is 0 Å². The van der Waals surface area contributed by atoms with Gasteiger partial charge in [-0.3, -0.25) is 9.59 Å². The summed E-state index contributed by atoms with van der Waals surface area (Å²) in [5, 5.41) is 16.5. The number of ether oxygens (including phenoxy) is 1. The maximum atomic E-state index is 12.2. The number of halogens is 2. The van der Waals surface area contributed by atoms with E-state index in [0.29, 0.717) is 27.2 Å². The monoisotopic (exact) mass is 559 g/mol. The summed E-state index contributed by atoms with van der Waals surface area (Å²) in [4.78, 5) is 24.4. The molecule has 0 saturated heterocycles. The summed E-state index contributed by atoms with van der Waals surface area (Å²) in [6.07, 6.45) is 1.42. The van der Waals surface area contributed by atoms with Gasteiger partial charge >= 0.3 is 0 Å². The number of nitrogens with one attached hydrogen (secondary N) is 2. The van der Waals surface area contributed by atoms with Crippen molar-refractivity contribution >= 4 is 62.2 Å². The molecule has 0 aromatic heterocycles. The average molecular weight is 560 g/mol. The molecule has 0 heterocycles. The molecule has 148 valence electrons. The molecule has 2 amide bonds. The predicted molar refractivity (Wildman–Crippen MR) is 120 cm³/mol. The Morgan fingerprint density at radius 2 is 2.04 bits per heavy atom. The van der Waals surface area contributed by atoms with Gasteiger partial charge in [-0.15, -0.1) is 0 Å². The molecule has 7 nitrogen and oxygen atoms in total. The van der Waals surface area contributed by atoms with Crippen molar-refractivity contribution in [2.24, 2.45) is 11.0 Å². The van der Waals surface area contributed by atoms with Crippen LogP contribution in [-0.4, -0.2) is 29.7 Å². The van der Waals surface area contributed by atoms with E-state index in [4.69, 9.17) is 4.74 Å². The number of phenolic OH excluding ortho intramolecular Hbond substituents is 1. The third-order valence-corrected chi connectivity index (χ3v) is 5.17. The lowest BCUT2D eigenvalue weighted by molar-refractivity contribution is -0.131. The van der Waals surface area contributed by atoms with E-state index < -0.39 is 17.7 Å². The first-order valence-electron chi connectivity index (χ1n) is 8.37. The normalized spacial score (nSPS) is 11.9. The van der Waals surface area contributed by atoms with Crippen molar-refractivity contribution in [3.63, 3.8) is 0 Å². The number of hydrogen-bond acceptors (Lipinski definition) is 5. The minimum atomic E-state index is -0.941. The van der Waals surface area contributed by atoms with Gasteiger partial charge in [0, 0.05) is 4.47 Å². The highest BCUT2D eigenvalue weighted by molar-refractivity contribution is 14.1. The molecule has 0 aliphatic heterocycles. The fourth-order valence-corrected chi connectivity index (χ4v) is 3.13. The zero-order chi connectivity index (χ0) is 20.7. The van der Waals surface area contributed by atoms with Gasteiger partial charge in [0.05, 0.1) is 22.1 Å². The van der Waals surface area contributed by atoms with Crippen LogP contribution in [0.1, 0.15) is 19.4 Å². The zero-order valence-corrected chi connectivity index (χ0v) is 18.9. The smallest absolute Gasteiger partial charge is 0.252 e. The van der Waals surface area contributed by atoms with Crippen LogP contribution in [0.25, 0.3) is 0 Å². The lowest BCUT2D eigenvalue weighted by atomic mass is 10.1. The molecule has 9 heteroatoms. The fourth-order valence-electron chi connectivity index (χ4n) is 2.12. The number of carbonyl (C=O) groups excluding carboxylic acids is 2. The van der Waals surface area contributed by atoms with Crippen LogP contribution in [0, 0.1) is 9.49 Å². The third kappa shape index (κ3) is 5.93. The van der Waals surface area contributed by atoms with E-state index in [0.717, 1.165) is 4.47 Å². The number of hydrazone groups is 1. The molecule has 0 spiro atoms. The summed E-state index contributed by atoms with van der Waals surface area (Å²) in [5.41, 5.74) is 3.57. The quantitative estimate of drug-likeness (QED) is 0.207. The van der Waals surface area contributed by atoms with E-state index in [1.165, 1.54) is 13.1 Å². The molecule has 2 rings (SSSR count). The van der Waals surface area contributed by atoms with Crippen molar-refractivity contribution in [1.29, 1.82) is 0 Å². The fraction of sp³-hybridized carbons (Fsp3) is 0.211. The molecule has 28 heavy (non-hydrogen) atoms. The van der Waals surface area contributed by atoms with Gasteiger partial charge < -0.3 is 15.2 Å². The number of benzene rings is 2. The number of para-hydroxylation sites is 1. The van der Waals surface area contributed by atoms with Crippen LogP contribution in [0.2, 0.25) is 0 Å². The number of aromatic hydroxyl groups is 1. The maximum absolute atomic E-state index is 12.2. The minimum absolute atomic E-state index is 0.0565. The van der Waals surface area contributed by atoms with E-state index in [1.807, 2.05) is 35.6 Å². The van der Waals surface area contributed by atoms with E-state index in [1.54, 1.807) is 30.3 Å². The average Bonchev–Trinajstić information content (AvgIpc) is 2.66. The Bertz CT molecular complexity index is 905. The molecular formula is C19H19BrIN3O4. The molecule has 1 unspecified atom stereocenters. The molecule has 1 atom stereocenters. The van der Waals surface area contributed by atoms with Crippen LogP contribution >= 0.6 is 38.5 Å². The van der Waals surface area contributed by atoms with Crippen LogP contribution in [0.3, 0.4) is 0 Å². The summed E-state index contributed by atoms with van der Waals surface area (Å²) in [6.45, 7) is 3.71. The van der Waals surface area contributed by atoms with E-state index in [-0.39, 0.29) is 5.75 Å². The van der Waals surface area contributed by atoms with Gasteiger partial charge in [0.1, 0.15) is 5.92 Å². The highest BCUT2D eigenvalue weighted by Gasteiger charge is 2.21. The summed E-state index contributed by atoms with van der Waals surface area (Å²) in [5.74, 6) is -1.54. The van der Waals surface area contributed by atoms with Crippen molar-refractivity contribution in [2.75, 3.05) is 11.9 Å². The SMILES string of the molecule is CCOc1cc(/C=N/NC(=O)C(C)C(=O)Nc2ccccc2Br)cc(I)c1O. The Kier molecular flexibility index (Phi) is 8.24.